The summed E-state index contributed by atoms with van der Waals surface area (Å²) in [6.07, 6.45) is 0. The van der Waals surface area contributed by atoms with Gasteiger partial charge >= 0.3 is 10.7 Å². The van der Waals surface area contributed by atoms with Crippen LogP contribution in [0.1, 0.15) is 25.3 Å². The molecule has 0 saturated heterocycles. The molecule has 15 heavy (non-hydrogen) atoms. The van der Waals surface area contributed by atoms with Crippen molar-refractivity contribution >= 4 is 38.0 Å². The number of hydrogen-bond donors (Lipinski definition) is 0. The van der Waals surface area contributed by atoms with Gasteiger partial charge in [-0.1, -0.05) is 13.8 Å². The molecule has 0 N–H and O–H groups in total. The van der Waals surface area contributed by atoms with E-state index in [1.165, 1.54) is 0 Å². The van der Waals surface area contributed by atoms with E-state index in [1.54, 1.807) is 13.8 Å². The third-order valence-electron chi connectivity index (χ3n) is 1.78. The SMILES string of the molecule is CC(C)c1c([N+](=O)[O-])sc(Br)c1[N+](=O)[O-]. The van der Waals surface area contributed by atoms with Gasteiger partial charge in [0, 0.05) is 0 Å². The van der Waals surface area contributed by atoms with Crippen LogP contribution < -0.4 is 0 Å². The highest BCUT2D eigenvalue weighted by atomic mass is 79.9. The Morgan fingerprint density at radius 3 is 2.13 bits per heavy atom. The molecule has 0 unspecified atom stereocenters. The molecule has 0 aliphatic carbocycles. The van der Waals surface area contributed by atoms with E-state index in [9.17, 15) is 20.2 Å². The summed E-state index contributed by atoms with van der Waals surface area (Å²) in [6.45, 7) is 3.38. The molecular weight excluding hydrogens is 288 g/mol. The van der Waals surface area contributed by atoms with Crippen LogP contribution in [-0.2, 0) is 0 Å². The quantitative estimate of drug-likeness (QED) is 0.631. The zero-order chi connectivity index (χ0) is 11.7. The molecule has 0 fully saturated rings. The van der Waals surface area contributed by atoms with Crippen LogP contribution in [0.15, 0.2) is 3.79 Å². The van der Waals surface area contributed by atoms with Gasteiger partial charge in [-0.2, -0.15) is 0 Å². The van der Waals surface area contributed by atoms with Gasteiger partial charge in [0.2, 0.25) is 0 Å². The first kappa shape index (κ1) is 12.1. The summed E-state index contributed by atoms with van der Waals surface area (Å²) in [5, 5.41) is 21.3. The van der Waals surface area contributed by atoms with Crippen LogP contribution in [0.2, 0.25) is 0 Å². The van der Waals surface area contributed by atoms with Gasteiger partial charge in [-0.05, 0) is 33.2 Å². The van der Waals surface area contributed by atoms with E-state index < -0.39 is 9.85 Å². The van der Waals surface area contributed by atoms with E-state index in [0.717, 1.165) is 11.3 Å². The topological polar surface area (TPSA) is 86.3 Å². The van der Waals surface area contributed by atoms with Crippen molar-refractivity contribution in [3.63, 3.8) is 0 Å². The number of nitrogens with zero attached hydrogens (tertiary/aromatic N) is 2. The Morgan fingerprint density at radius 2 is 1.80 bits per heavy atom. The second-order valence-corrected chi connectivity index (χ2v) is 5.43. The first-order valence-electron chi connectivity index (χ1n) is 3.97. The van der Waals surface area contributed by atoms with E-state index in [4.69, 9.17) is 0 Å². The fraction of sp³-hybridized carbons (Fsp3) is 0.429. The number of nitro groups is 2. The van der Waals surface area contributed by atoms with Crippen LogP contribution in [-0.4, -0.2) is 9.85 Å². The Labute approximate surface area is 97.3 Å². The van der Waals surface area contributed by atoms with Crippen LogP contribution in [0, 0.1) is 20.2 Å². The number of thiophene rings is 1. The molecule has 82 valence electrons. The number of halogens is 1. The minimum absolute atomic E-state index is 0.163. The Bertz CT molecular complexity index is 429. The molecular formula is C7H7BrN2O4S. The van der Waals surface area contributed by atoms with Gasteiger partial charge in [0.25, 0.3) is 0 Å². The fourth-order valence-corrected chi connectivity index (χ4v) is 3.01. The molecule has 0 atom stereocenters. The van der Waals surface area contributed by atoms with Gasteiger partial charge in [-0.25, -0.2) is 0 Å². The van der Waals surface area contributed by atoms with E-state index >= 15 is 0 Å². The minimum atomic E-state index is -0.594. The van der Waals surface area contributed by atoms with Crippen LogP contribution >= 0.6 is 27.3 Å². The van der Waals surface area contributed by atoms with Crippen molar-refractivity contribution in [2.45, 2.75) is 19.8 Å². The number of rotatable bonds is 3. The van der Waals surface area contributed by atoms with Gasteiger partial charge in [0.15, 0.2) is 3.79 Å². The van der Waals surface area contributed by atoms with Gasteiger partial charge in [-0.15, -0.1) is 0 Å². The van der Waals surface area contributed by atoms with Crippen molar-refractivity contribution in [2.75, 3.05) is 0 Å². The lowest BCUT2D eigenvalue weighted by molar-refractivity contribution is -0.392. The third kappa shape index (κ3) is 2.15. The molecule has 0 aliphatic heterocycles. The lowest BCUT2D eigenvalue weighted by Gasteiger charge is -2.00. The fourth-order valence-electron chi connectivity index (χ4n) is 1.22. The summed E-state index contributed by atoms with van der Waals surface area (Å²) in [5.41, 5.74) is -0.0106. The van der Waals surface area contributed by atoms with Gasteiger partial charge in [0.1, 0.15) is 5.56 Å². The van der Waals surface area contributed by atoms with E-state index in [-0.39, 0.29) is 26.0 Å². The summed E-state index contributed by atoms with van der Waals surface area (Å²) < 4.78 is 0.197. The molecule has 1 aromatic rings. The zero-order valence-electron chi connectivity index (χ0n) is 7.89. The molecule has 0 aromatic carbocycles. The second kappa shape index (κ2) is 4.23. The lowest BCUT2D eigenvalue weighted by Crippen LogP contribution is -1.97. The molecule has 6 nitrogen and oxygen atoms in total. The van der Waals surface area contributed by atoms with Crippen LogP contribution in [0.3, 0.4) is 0 Å². The van der Waals surface area contributed by atoms with Crippen LogP contribution in [0.4, 0.5) is 10.7 Å². The highest BCUT2D eigenvalue weighted by Crippen LogP contribution is 2.47. The van der Waals surface area contributed by atoms with Gasteiger partial charge in [-0.3, -0.25) is 20.2 Å². The summed E-state index contributed by atoms with van der Waals surface area (Å²) in [7, 11) is 0. The molecule has 0 bridgehead atoms. The minimum Gasteiger partial charge on any atom is -0.258 e. The molecule has 1 heterocycles. The monoisotopic (exact) mass is 294 g/mol. The molecule has 0 spiro atoms. The van der Waals surface area contributed by atoms with Gasteiger partial charge in [0.05, 0.1) is 9.85 Å². The van der Waals surface area contributed by atoms with Gasteiger partial charge < -0.3 is 0 Å². The highest BCUT2D eigenvalue weighted by Gasteiger charge is 2.34. The van der Waals surface area contributed by atoms with Crippen LogP contribution in [0.5, 0.6) is 0 Å². The summed E-state index contributed by atoms with van der Waals surface area (Å²) in [6, 6.07) is 0. The van der Waals surface area contributed by atoms with Crippen molar-refractivity contribution < 1.29 is 9.85 Å². The van der Waals surface area contributed by atoms with Crippen molar-refractivity contribution in [2.24, 2.45) is 0 Å². The summed E-state index contributed by atoms with van der Waals surface area (Å²) in [5.74, 6) is -0.256. The van der Waals surface area contributed by atoms with E-state index in [1.807, 2.05) is 0 Å². The van der Waals surface area contributed by atoms with Crippen molar-refractivity contribution in [1.82, 2.24) is 0 Å². The molecule has 1 rings (SSSR count). The van der Waals surface area contributed by atoms with Crippen molar-refractivity contribution in [3.05, 3.63) is 29.6 Å². The molecule has 1 aromatic heterocycles. The maximum atomic E-state index is 10.7. The van der Waals surface area contributed by atoms with Crippen molar-refractivity contribution in [1.29, 1.82) is 0 Å². The largest absolute Gasteiger partial charge is 0.335 e. The predicted octanol–water partition coefficient (Wildman–Crippen LogP) is 3.45. The maximum absolute atomic E-state index is 10.7. The molecule has 8 heteroatoms. The maximum Gasteiger partial charge on any atom is 0.335 e. The lowest BCUT2D eigenvalue weighted by atomic mass is 10.1. The number of hydrogen-bond acceptors (Lipinski definition) is 5. The Kier molecular flexibility index (Phi) is 3.40. The predicted molar refractivity (Wildman–Crippen MR) is 59.4 cm³/mol. The normalized spacial score (nSPS) is 10.7. The first-order chi connectivity index (χ1) is 6.86. The molecule has 0 amide bonds. The average molecular weight is 295 g/mol. The average Bonchev–Trinajstić information content (AvgIpc) is 2.42. The zero-order valence-corrected chi connectivity index (χ0v) is 10.3. The molecule has 0 radical (unpaired) electrons. The highest BCUT2D eigenvalue weighted by molar-refractivity contribution is 9.11. The standard InChI is InChI=1S/C7H7BrN2O4S/c1-3(2)4-5(9(11)12)6(8)15-7(4)10(13)14/h3H,1-2H3. The first-order valence-corrected chi connectivity index (χ1v) is 5.58. The summed E-state index contributed by atoms with van der Waals surface area (Å²) in [4.78, 5) is 20.2. The third-order valence-corrected chi connectivity index (χ3v) is 3.58. The smallest absolute Gasteiger partial charge is 0.258 e. The molecule has 0 aliphatic rings. The van der Waals surface area contributed by atoms with Crippen LogP contribution in [0.25, 0.3) is 0 Å². The Morgan fingerprint density at radius 1 is 1.27 bits per heavy atom. The summed E-state index contributed by atoms with van der Waals surface area (Å²) >= 11 is 3.76. The van der Waals surface area contributed by atoms with E-state index in [2.05, 4.69) is 15.9 Å². The Balaban J connectivity index is 3.51. The van der Waals surface area contributed by atoms with E-state index in [0.29, 0.717) is 0 Å². The Hall–Kier alpha value is -1.02. The molecule has 0 saturated carbocycles. The second-order valence-electron chi connectivity index (χ2n) is 3.11. The van der Waals surface area contributed by atoms with Crippen molar-refractivity contribution in [3.8, 4) is 0 Å².